The van der Waals surface area contributed by atoms with Gasteiger partial charge in [-0.3, -0.25) is 4.79 Å². The van der Waals surface area contributed by atoms with E-state index in [0.29, 0.717) is 6.42 Å². The Balaban J connectivity index is 1.26. The van der Waals surface area contributed by atoms with Crippen molar-refractivity contribution in [3.05, 3.63) is 0 Å². The highest BCUT2D eigenvalue weighted by molar-refractivity contribution is 5.69. The topological polar surface area (TPSA) is 26.3 Å². The van der Waals surface area contributed by atoms with Gasteiger partial charge >= 0.3 is 5.97 Å². The molecule has 0 heterocycles. The first-order valence-corrected chi connectivity index (χ1v) is 16.9. The number of hydrogen-bond donors (Lipinski definition) is 0. The zero-order valence-corrected chi connectivity index (χ0v) is 24.5. The van der Waals surface area contributed by atoms with E-state index in [4.69, 9.17) is 4.74 Å². The van der Waals surface area contributed by atoms with Gasteiger partial charge in [-0.1, -0.05) is 117 Å². The van der Waals surface area contributed by atoms with Crippen molar-refractivity contribution < 1.29 is 9.53 Å². The molecule has 3 fully saturated rings. The molecule has 0 aromatic rings. The van der Waals surface area contributed by atoms with Gasteiger partial charge in [0.25, 0.3) is 0 Å². The molecule has 3 saturated carbocycles. The van der Waals surface area contributed by atoms with Gasteiger partial charge in [-0.15, -0.1) is 0 Å². The van der Waals surface area contributed by atoms with E-state index in [1.807, 2.05) is 0 Å². The lowest BCUT2D eigenvalue weighted by Crippen LogP contribution is -2.43. The van der Waals surface area contributed by atoms with Crippen molar-refractivity contribution in [1.29, 1.82) is 0 Å². The predicted octanol–water partition coefficient (Wildman–Crippen LogP) is 10.8. The maximum atomic E-state index is 12.4. The van der Waals surface area contributed by atoms with Crippen LogP contribution in [0.25, 0.3) is 0 Å². The minimum absolute atomic E-state index is 0.0853. The summed E-state index contributed by atoms with van der Waals surface area (Å²) < 4.78 is 5.99. The van der Waals surface area contributed by atoms with Gasteiger partial charge in [0.05, 0.1) is 0 Å². The summed E-state index contributed by atoms with van der Waals surface area (Å²) in [7, 11) is 0. The number of carbonyl (C=O) groups excluding carboxylic acids is 1. The van der Waals surface area contributed by atoms with Crippen molar-refractivity contribution in [2.75, 3.05) is 0 Å². The van der Waals surface area contributed by atoms with E-state index in [9.17, 15) is 4.79 Å². The fourth-order valence-electron chi connectivity index (χ4n) is 8.26. The van der Waals surface area contributed by atoms with Crippen molar-refractivity contribution in [1.82, 2.24) is 0 Å². The minimum atomic E-state index is 0.0853. The summed E-state index contributed by atoms with van der Waals surface area (Å²) in [6, 6.07) is 0. The average molecular weight is 503 g/mol. The normalized spacial score (nSPS) is 29.9. The van der Waals surface area contributed by atoms with E-state index in [1.54, 1.807) is 0 Å². The molecule has 0 bridgehead atoms. The van der Waals surface area contributed by atoms with Crippen molar-refractivity contribution in [2.45, 2.75) is 180 Å². The molecular weight excluding hydrogens is 440 g/mol. The van der Waals surface area contributed by atoms with Gasteiger partial charge < -0.3 is 4.74 Å². The van der Waals surface area contributed by atoms with Gasteiger partial charge in [-0.05, 0) is 81.0 Å². The Bertz CT molecular complexity index is 572. The number of esters is 1. The van der Waals surface area contributed by atoms with E-state index in [-0.39, 0.29) is 12.1 Å². The summed E-state index contributed by atoms with van der Waals surface area (Å²) in [5.74, 6) is 4.87. The van der Waals surface area contributed by atoms with Crippen LogP contribution in [0, 0.1) is 29.6 Å². The lowest BCUT2D eigenvalue weighted by Gasteiger charge is -2.50. The summed E-state index contributed by atoms with van der Waals surface area (Å²) in [4.78, 5) is 12.4. The predicted molar refractivity (Wildman–Crippen MR) is 154 cm³/mol. The van der Waals surface area contributed by atoms with Crippen LogP contribution < -0.4 is 0 Å². The molecule has 4 unspecified atom stereocenters. The largest absolute Gasteiger partial charge is 0.462 e. The van der Waals surface area contributed by atoms with Crippen molar-refractivity contribution >= 4 is 5.97 Å². The van der Waals surface area contributed by atoms with Gasteiger partial charge in [-0.25, -0.2) is 0 Å². The summed E-state index contributed by atoms with van der Waals surface area (Å²) in [6.45, 7) is 4.57. The summed E-state index contributed by atoms with van der Waals surface area (Å²) >= 11 is 0. The van der Waals surface area contributed by atoms with Gasteiger partial charge in [0.15, 0.2) is 0 Å². The second-order valence-corrected chi connectivity index (χ2v) is 13.2. The molecule has 0 saturated heterocycles. The maximum absolute atomic E-state index is 12.4. The molecule has 2 nitrogen and oxygen atoms in total. The van der Waals surface area contributed by atoms with Gasteiger partial charge in [-0.2, -0.15) is 0 Å². The summed E-state index contributed by atoms with van der Waals surface area (Å²) in [5, 5.41) is 0. The fraction of sp³-hybridized carbons (Fsp3) is 0.971. The Morgan fingerprint density at radius 2 is 1.11 bits per heavy atom. The van der Waals surface area contributed by atoms with E-state index in [2.05, 4.69) is 13.8 Å². The number of hydrogen-bond acceptors (Lipinski definition) is 2. The quantitative estimate of drug-likeness (QED) is 0.138. The van der Waals surface area contributed by atoms with Crippen LogP contribution in [0.5, 0.6) is 0 Å². The number of rotatable bonds is 18. The molecule has 3 aliphatic carbocycles. The minimum Gasteiger partial charge on any atom is -0.462 e. The molecule has 0 N–H and O–H groups in total. The third-order valence-electron chi connectivity index (χ3n) is 10.3. The zero-order chi connectivity index (χ0) is 25.4. The lowest BCUT2D eigenvalue weighted by atomic mass is 9.56. The summed E-state index contributed by atoms with van der Waals surface area (Å²) in [5.41, 5.74) is 0. The lowest BCUT2D eigenvalue weighted by molar-refractivity contribution is -0.153. The maximum Gasteiger partial charge on any atom is 0.306 e. The third kappa shape index (κ3) is 10.7. The Morgan fingerprint density at radius 3 is 1.75 bits per heavy atom. The summed E-state index contributed by atoms with van der Waals surface area (Å²) in [6.07, 6.45) is 33.8. The fourth-order valence-corrected chi connectivity index (χ4v) is 8.26. The van der Waals surface area contributed by atoms with Crippen LogP contribution in [-0.4, -0.2) is 12.1 Å². The second-order valence-electron chi connectivity index (χ2n) is 13.2. The van der Waals surface area contributed by atoms with Crippen LogP contribution in [0.4, 0.5) is 0 Å². The smallest absolute Gasteiger partial charge is 0.306 e. The first-order chi connectivity index (χ1) is 17.7. The number of fused-ring (bicyclic) bond motifs is 3. The van der Waals surface area contributed by atoms with Gasteiger partial charge in [0, 0.05) is 6.42 Å². The molecule has 0 aromatic carbocycles. The molecule has 3 aliphatic rings. The van der Waals surface area contributed by atoms with E-state index in [0.717, 1.165) is 42.4 Å². The van der Waals surface area contributed by atoms with Crippen molar-refractivity contribution in [2.24, 2.45) is 29.6 Å². The number of unbranched alkanes of at least 4 members (excludes halogenated alkanes) is 13. The molecule has 3 rings (SSSR count). The number of ether oxygens (including phenoxy) is 1. The van der Waals surface area contributed by atoms with E-state index in [1.165, 1.54) is 141 Å². The van der Waals surface area contributed by atoms with Gasteiger partial charge in [0.1, 0.15) is 6.10 Å². The Hall–Kier alpha value is -0.530. The van der Waals surface area contributed by atoms with Crippen molar-refractivity contribution in [3.8, 4) is 0 Å². The average Bonchev–Trinajstić information content (AvgIpc) is 2.89. The Kier molecular flexibility index (Phi) is 14.9. The molecule has 0 aromatic heterocycles. The standard InChI is InChI=1S/C34H62O2/c1-3-5-7-9-11-13-14-16-18-28-20-24-32-29(26-28)21-22-30-27-31(23-25-33(30)32)36-34(35)19-17-15-12-10-8-6-4-2/h28-33H,3-27H2,1-2H3/t28-,29?,30?,31-,32?,33?/m1/s1. The SMILES string of the molecule is CCCCCCCCCC[C@@H]1CCC2C(CCC3C[C@H](OC(=O)CCCCCCCCC)CCC32)C1. The van der Waals surface area contributed by atoms with Crippen LogP contribution in [0.2, 0.25) is 0 Å². The zero-order valence-electron chi connectivity index (χ0n) is 24.5. The van der Waals surface area contributed by atoms with E-state index < -0.39 is 0 Å². The van der Waals surface area contributed by atoms with Crippen LogP contribution >= 0.6 is 0 Å². The highest BCUT2D eigenvalue weighted by Crippen LogP contribution is 2.53. The molecule has 0 amide bonds. The molecule has 2 heteroatoms. The Labute approximate surface area is 225 Å². The molecule has 6 atom stereocenters. The van der Waals surface area contributed by atoms with Gasteiger partial charge in [0.2, 0.25) is 0 Å². The Morgan fingerprint density at radius 1 is 0.583 bits per heavy atom. The molecular formula is C34H62O2. The molecule has 210 valence electrons. The first kappa shape index (κ1) is 30.0. The first-order valence-electron chi connectivity index (χ1n) is 16.9. The van der Waals surface area contributed by atoms with Crippen molar-refractivity contribution in [3.63, 3.8) is 0 Å². The highest BCUT2D eigenvalue weighted by atomic mass is 16.5. The second kappa shape index (κ2) is 17.9. The monoisotopic (exact) mass is 502 g/mol. The van der Waals surface area contributed by atoms with Crippen LogP contribution in [0.15, 0.2) is 0 Å². The molecule has 36 heavy (non-hydrogen) atoms. The molecule has 0 radical (unpaired) electrons. The van der Waals surface area contributed by atoms with Crippen LogP contribution in [0.3, 0.4) is 0 Å². The van der Waals surface area contributed by atoms with Crippen LogP contribution in [0.1, 0.15) is 174 Å². The number of carbonyl (C=O) groups is 1. The van der Waals surface area contributed by atoms with E-state index >= 15 is 0 Å². The molecule has 0 spiro atoms. The third-order valence-corrected chi connectivity index (χ3v) is 10.3. The highest BCUT2D eigenvalue weighted by Gasteiger charge is 2.45. The molecule has 0 aliphatic heterocycles. The van der Waals surface area contributed by atoms with Crippen LogP contribution in [-0.2, 0) is 9.53 Å².